The van der Waals surface area contributed by atoms with Crippen LogP contribution < -0.4 is 5.32 Å². The third kappa shape index (κ3) is 4.89. The number of rotatable bonds is 7. The van der Waals surface area contributed by atoms with Gasteiger partial charge in [-0.3, -0.25) is 14.7 Å². The maximum Gasteiger partial charge on any atom is 0.261 e. The monoisotopic (exact) mass is 423 g/mol. The number of hydrogen-bond donors (Lipinski definition) is 2. The summed E-state index contributed by atoms with van der Waals surface area (Å²) in [6.45, 7) is 2.24. The smallest absolute Gasteiger partial charge is 0.261 e. The van der Waals surface area contributed by atoms with Crippen molar-refractivity contribution >= 4 is 27.3 Å². The van der Waals surface area contributed by atoms with Crippen molar-refractivity contribution in [3.63, 3.8) is 0 Å². The van der Waals surface area contributed by atoms with E-state index in [2.05, 4.69) is 45.5 Å². The molecule has 3 aromatic rings. The molecule has 1 saturated heterocycles. The Bertz CT molecular complexity index is 973. The van der Waals surface area contributed by atoms with Crippen LogP contribution in [0.5, 0.6) is 0 Å². The molecule has 30 heavy (non-hydrogen) atoms. The van der Waals surface area contributed by atoms with Crippen molar-refractivity contribution in [2.24, 2.45) is 0 Å². The molecule has 0 spiro atoms. The van der Waals surface area contributed by atoms with Crippen LogP contribution in [-0.2, 0) is 13.0 Å². The van der Waals surface area contributed by atoms with Crippen molar-refractivity contribution < 1.29 is 9.90 Å². The van der Waals surface area contributed by atoms with Crippen LogP contribution >= 0.6 is 11.3 Å². The number of aromatic nitrogens is 1. The first-order valence-electron chi connectivity index (χ1n) is 10.8. The average Bonchev–Trinajstić information content (AvgIpc) is 3.00. The molecule has 0 radical (unpaired) electrons. The summed E-state index contributed by atoms with van der Waals surface area (Å²) in [4.78, 5) is 20.4. The maximum absolute atomic E-state index is 12.8. The van der Waals surface area contributed by atoms with E-state index >= 15 is 0 Å². The Kier molecular flexibility index (Phi) is 7.10. The van der Waals surface area contributed by atoms with Gasteiger partial charge in [-0.25, -0.2) is 0 Å². The lowest BCUT2D eigenvalue weighted by Gasteiger charge is -2.30. The van der Waals surface area contributed by atoms with E-state index in [0.29, 0.717) is 6.04 Å². The summed E-state index contributed by atoms with van der Waals surface area (Å²) >= 11 is 1.56. The quantitative estimate of drug-likeness (QED) is 0.603. The summed E-state index contributed by atoms with van der Waals surface area (Å²) in [5.74, 6) is -0.0745. The lowest BCUT2D eigenvalue weighted by molar-refractivity contribution is 0.0947. The topological polar surface area (TPSA) is 65.5 Å². The van der Waals surface area contributed by atoms with Gasteiger partial charge in [0.2, 0.25) is 0 Å². The lowest BCUT2D eigenvalue weighted by atomic mass is 9.97. The van der Waals surface area contributed by atoms with Gasteiger partial charge in [0, 0.05) is 36.2 Å². The number of nitrogens with one attached hydrogen (secondary N) is 1. The SMILES string of the molecule is O=C(NCCO)c1sc2ccccc2c1C[C@@H]1CCCCCN1Cc1ccncc1. The van der Waals surface area contributed by atoms with Crippen LogP contribution in [-0.4, -0.2) is 46.6 Å². The number of likely N-dealkylation sites (tertiary alicyclic amines) is 1. The fraction of sp³-hybridized carbons (Fsp3) is 0.417. The third-order valence-electron chi connectivity index (χ3n) is 5.88. The minimum absolute atomic E-state index is 0.0473. The molecule has 1 aromatic carbocycles. The van der Waals surface area contributed by atoms with Crippen LogP contribution in [0.4, 0.5) is 0 Å². The molecule has 0 saturated carbocycles. The number of carbonyl (C=O) groups excluding carboxylic acids is 1. The van der Waals surface area contributed by atoms with Gasteiger partial charge in [0.15, 0.2) is 0 Å². The van der Waals surface area contributed by atoms with Crippen LogP contribution in [0.2, 0.25) is 0 Å². The Balaban J connectivity index is 1.64. The average molecular weight is 424 g/mol. The minimum atomic E-state index is -0.0745. The standard InChI is InChI=1S/C24H29N3O2S/c28-15-13-26-24(29)23-21(20-7-3-4-8-22(20)30-23)16-19-6-2-1-5-14-27(19)17-18-9-11-25-12-10-18/h3-4,7-12,19,28H,1-2,5-6,13-17H2,(H,26,29)/t19-/m0/s1. The number of nitrogens with zero attached hydrogens (tertiary/aromatic N) is 2. The van der Waals surface area contributed by atoms with Gasteiger partial charge < -0.3 is 10.4 Å². The molecule has 0 aliphatic carbocycles. The first-order valence-corrected chi connectivity index (χ1v) is 11.6. The molecule has 0 unspecified atom stereocenters. The molecule has 1 fully saturated rings. The molecule has 2 N–H and O–H groups in total. The highest BCUT2D eigenvalue weighted by atomic mass is 32.1. The van der Waals surface area contributed by atoms with Crippen LogP contribution in [0.3, 0.4) is 0 Å². The Morgan fingerprint density at radius 3 is 2.83 bits per heavy atom. The molecule has 6 heteroatoms. The highest BCUT2D eigenvalue weighted by Gasteiger charge is 2.26. The second kappa shape index (κ2) is 10.2. The summed E-state index contributed by atoms with van der Waals surface area (Å²) in [5.41, 5.74) is 2.44. The zero-order valence-electron chi connectivity index (χ0n) is 17.2. The molecule has 3 heterocycles. The van der Waals surface area contributed by atoms with Crippen LogP contribution in [0.25, 0.3) is 10.1 Å². The van der Waals surface area contributed by atoms with E-state index in [0.717, 1.165) is 41.1 Å². The van der Waals surface area contributed by atoms with E-state index in [9.17, 15) is 4.79 Å². The summed E-state index contributed by atoms with van der Waals surface area (Å²) in [6.07, 6.45) is 9.44. The van der Waals surface area contributed by atoms with Crippen LogP contribution in [0, 0.1) is 0 Å². The normalized spacial score (nSPS) is 17.7. The van der Waals surface area contributed by atoms with Gasteiger partial charge in [-0.05, 0) is 60.5 Å². The van der Waals surface area contributed by atoms with Gasteiger partial charge in [0.05, 0.1) is 11.5 Å². The van der Waals surface area contributed by atoms with Gasteiger partial charge in [-0.2, -0.15) is 0 Å². The number of pyridine rings is 1. The predicted molar refractivity (Wildman–Crippen MR) is 122 cm³/mol. The van der Waals surface area contributed by atoms with Crippen molar-refractivity contribution in [1.82, 2.24) is 15.2 Å². The van der Waals surface area contributed by atoms with Crippen molar-refractivity contribution in [1.29, 1.82) is 0 Å². The highest BCUT2D eigenvalue weighted by Crippen LogP contribution is 2.34. The molecule has 158 valence electrons. The number of benzene rings is 1. The maximum atomic E-state index is 12.8. The predicted octanol–water partition coefficient (Wildman–Crippen LogP) is 4.01. The molecule has 0 bridgehead atoms. The largest absolute Gasteiger partial charge is 0.395 e. The Morgan fingerprint density at radius 2 is 2.00 bits per heavy atom. The van der Waals surface area contributed by atoms with E-state index in [1.165, 1.54) is 30.2 Å². The molecule has 4 rings (SSSR count). The fourth-order valence-corrected chi connectivity index (χ4v) is 5.52. The van der Waals surface area contributed by atoms with Gasteiger partial charge in [-0.15, -0.1) is 11.3 Å². The molecule has 5 nitrogen and oxygen atoms in total. The van der Waals surface area contributed by atoms with Crippen molar-refractivity contribution in [3.05, 3.63) is 64.8 Å². The minimum Gasteiger partial charge on any atom is -0.395 e. The molecule has 1 aliphatic heterocycles. The summed E-state index contributed by atoms with van der Waals surface area (Å²) in [7, 11) is 0. The molecule has 2 aromatic heterocycles. The summed E-state index contributed by atoms with van der Waals surface area (Å²) in [6, 6.07) is 12.9. The summed E-state index contributed by atoms with van der Waals surface area (Å²) in [5, 5.41) is 13.2. The molecule has 1 atom stereocenters. The number of amides is 1. The molecule has 1 amide bonds. The number of aliphatic hydroxyl groups is 1. The van der Waals surface area contributed by atoms with Crippen LogP contribution in [0.1, 0.15) is 46.5 Å². The molecule has 1 aliphatic rings. The first kappa shape index (κ1) is 21.0. The number of hydrogen-bond acceptors (Lipinski definition) is 5. The second-order valence-corrected chi connectivity index (χ2v) is 8.97. The molecular formula is C24H29N3O2S. The zero-order valence-corrected chi connectivity index (χ0v) is 18.0. The van der Waals surface area contributed by atoms with Crippen molar-refractivity contribution in [2.75, 3.05) is 19.7 Å². The van der Waals surface area contributed by atoms with Crippen LogP contribution in [0.15, 0.2) is 48.8 Å². The fourth-order valence-electron chi connectivity index (χ4n) is 4.37. The summed E-state index contributed by atoms with van der Waals surface area (Å²) < 4.78 is 1.15. The lowest BCUT2D eigenvalue weighted by Crippen LogP contribution is -2.36. The van der Waals surface area contributed by atoms with Crippen molar-refractivity contribution in [3.8, 4) is 0 Å². The number of fused-ring (bicyclic) bond motifs is 1. The Labute approximate surface area is 181 Å². The van der Waals surface area contributed by atoms with Crippen molar-refractivity contribution in [2.45, 2.75) is 44.7 Å². The van der Waals surface area contributed by atoms with E-state index in [4.69, 9.17) is 5.11 Å². The van der Waals surface area contributed by atoms with E-state index in [1.807, 2.05) is 18.5 Å². The van der Waals surface area contributed by atoms with Gasteiger partial charge in [-0.1, -0.05) is 31.0 Å². The first-order chi connectivity index (χ1) is 14.8. The van der Waals surface area contributed by atoms with Gasteiger partial charge >= 0.3 is 0 Å². The third-order valence-corrected chi connectivity index (χ3v) is 7.09. The van der Waals surface area contributed by atoms with E-state index < -0.39 is 0 Å². The Hall–Kier alpha value is -2.28. The second-order valence-electron chi connectivity index (χ2n) is 7.92. The molecular weight excluding hydrogens is 394 g/mol. The number of carbonyl (C=O) groups is 1. The Morgan fingerprint density at radius 1 is 1.17 bits per heavy atom. The van der Waals surface area contributed by atoms with E-state index in [1.54, 1.807) is 11.3 Å². The van der Waals surface area contributed by atoms with Gasteiger partial charge in [0.1, 0.15) is 0 Å². The highest BCUT2D eigenvalue weighted by molar-refractivity contribution is 7.21. The number of aliphatic hydroxyl groups excluding tert-OH is 1. The van der Waals surface area contributed by atoms with E-state index in [-0.39, 0.29) is 19.1 Å². The number of thiophene rings is 1. The van der Waals surface area contributed by atoms with Gasteiger partial charge in [0.25, 0.3) is 5.91 Å². The zero-order chi connectivity index (χ0) is 20.8.